The lowest BCUT2D eigenvalue weighted by Crippen LogP contribution is -2.49. The van der Waals surface area contributed by atoms with E-state index in [-0.39, 0.29) is 15.8 Å². The SMILES string of the molecule is O=C(CCN1CCN(S(=O)(=O)c2ccccc2Cl)CC1)Nc1ccc2c(c1)OCCO2. The number of anilines is 1. The second-order valence-corrected chi connectivity index (χ2v) is 9.65. The minimum absolute atomic E-state index is 0.109. The molecule has 1 N–H and O–H groups in total. The third-order valence-electron chi connectivity index (χ3n) is 5.27. The predicted octanol–water partition coefficient (Wildman–Crippen LogP) is 2.45. The molecule has 10 heteroatoms. The average molecular weight is 466 g/mol. The van der Waals surface area contributed by atoms with Gasteiger partial charge in [-0.25, -0.2) is 8.42 Å². The molecule has 2 aromatic carbocycles. The van der Waals surface area contributed by atoms with E-state index in [0.717, 1.165) is 0 Å². The average Bonchev–Trinajstić information content (AvgIpc) is 2.78. The summed E-state index contributed by atoms with van der Waals surface area (Å²) >= 11 is 6.07. The molecule has 2 aromatic rings. The molecule has 0 bridgehead atoms. The molecular formula is C21H24ClN3O5S. The lowest BCUT2D eigenvalue weighted by molar-refractivity contribution is -0.116. The van der Waals surface area contributed by atoms with Gasteiger partial charge in [0.2, 0.25) is 15.9 Å². The van der Waals surface area contributed by atoms with E-state index in [1.54, 1.807) is 36.4 Å². The first kappa shape index (κ1) is 21.9. The van der Waals surface area contributed by atoms with E-state index in [0.29, 0.717) is 69.5 Å². The van der Waals surface area contributed by atoms with E-state index in [1.165, 1.54) is 10.4 Å². The van der Waals surface area contributed by atoms with Gasteiger partial charge in [0.1, 0.15) is 18.1 Å². The summed E-state index contributed by atoms with van der Waals surface area (Å²) in [5.74, 6) is 1.19. The molecule has 0 aromatic heterocycles. The lowest BCUT2D eigenvalue weighted by Gasteiger charge is -2.34. The molecule has 0 unspecified atom stereocenters. The zero-order valence-electron chi connectivity index (χ0n) is 16.9. The van der Waals surface area contributed by atoms with Crippen LogP contribution in [-0.4, -0.2) is 69.5 Å². The molecule has 2 heterocycles. The molecule has 2 aliphatic rings. The summed E-state index contributed by atoms with van der Waals surface area (Å²) in [5.41, 5.74) is 0.657. The number of nitrogens with zero attached hydrogens (tertiary/aromatic N) is 2. The van der Waals surface area contributed by atoms with Crippen molar-refractivity contribution in [3.63, 3.8) is 0 Å². The Balaban J connectivity index is 1.26. The number of sulfonamides is 1. The van der Waals surface area contributed by atoms with Gasteiger partial charge in [-0.1, -0.05) is 23.7 Å². The smallest absolute Gasteiger partial charge is 0.244 e. The Kier molecular flexibility index (Phi) is 6.66. The van der Waals surface area contributed by atoms with Crippen molar-refractivity contribution in [3.05, 3.63) is 47.5 Å². The van der Waals surface area contributed by atoms with Gasteiger partial charge in [0.05, 0.1) is 5.02 Å². The van der Waals surface area contributed by atoms with Crippen LogP contribution >= 0.6 is 11.6 Å². The van der Waals surface area contributed by atoms with Gasteiger partial charge in [-0.15, -0.1) is 0 Å². The van der Waals surface area contributed by atoms with Gasteiger partial charge < -0.3 is 19.7 Å². The number of piperazine rings is 1. The van der Waals surface area contributed by atoms with Gasteiger partial charge in [-0.05, 0) is 24.3 Å². The van der Waals surface area contributed by atoms with E-state index < -0.39 is 10.0 Å². The van der Waals surface area contributed by atoms with Crippen molar-refractivity contribution < 1.29 is 22.7 Å². The van der Waals surface area contributed by atoms with Gasteiger partial charge in [0, 0.05) is 50.9 Å². The fraction of sp³-hybridized carbons (Fsp3) is 0.381. The third kappa shape index (κ3) is 5.12. The van der Waals surface area contributed by atoms with Gasteiger partial charge in [-0.2, -0.15) is 4.31 Å². The largest absolute Gasteiger partial charge is 0.486 e. The maximum absolute atomic E-state index is 12.8. The zero-order chi connectivity index (χ0) is 21.8. The summed E-state index contributed by atoms with van der Waals surface area (Å²) in [6.07, 6.45) is 0.311. The first-order chi connectivity index (χ1) is 14.9. The van der Waals surface area contributed by atoms with Crippen molar-refractivity contribution in [3.8, 4) is 11.5 Å². The number of carbonyl (C=O) groups excluding carboxylic acids is 1. The summed E-state index contributed by atoms with van der Waals surface area (Å²) in [7, 11) is -3.62. The van der Waals surface area contributed by atoms with Crippen LogP contribution in [-0.2, 0) is 14.8 Å². The van der Waals surface area contributed by atoms with Crippen molar-refractivity contribution in [2.24, 2.45) is 0 Å². The highest BCUT2D eigenvalue weighted by Gasteiger charge is 2.29. The van der Waals surface area contributed by atoms with E-state index in [1.807, 2.05) is 0 Å². The van der Waals surface area contributed by atoms with Gasteiger partial charge >= 0.3 is 0 Å². The number of fused-ring (bicyclic) bond motifs is 1. The van der Waals surface area contributed by atoms with Crippen molar-refractivity contribution in [1.29, 1.82) is 0 Å². The summed E-state index contributed by atoms with van der Waals surface area (Å²) < 4.78 is 38.1. The minimum atomic E-state index is -3.62. The molecule has 166 valence electrons. The monoisotopic (exact) mass is 465 g/mol. The molecule has 1 saturated heterocycles. The molecule has 0 aliphatic carbocycles. The molecular weight excluding hydrogens is 442 g/mol. The molecule has 4 rings (SSSR count). The van der Waals surface area contributed by atoms with E-state index in [9.17, 15) is 13.2 Å². The summed E-state index contributed by atoms with van der Waals surface area (Å²) in [5, 5.41) is 3.09. The Morgan fingerprint density at radius 2 is 1.71 bits per heavy atom. The van der Waals surface area contributed by atoms with Crippen LogP contribution in [0.3, 0.4) is 0 Å². The Morgan fingerprint density at radius 1 is 1.00 bits per heavy atom. The Labute approximate surface area is 186 Å². The van der Waals surface area contributed by atoms with Crippen LogP contribution in [0.25, 0.3) is 0 Å². The number of hydrogen-bond donors (Lipinski definition) is 1. The van der Waals surface area contributed by atoms with Crippen LogP contribution in [0.15, 0.2) is 47.4 Å². The summed E-state index contributed by atoms with van der Waals surface area (Å²) in [6, 6.07) is 11.8. The molecule has 0 spiro atoms. The number of halogens is 1. The summed E-state index contributed by atoms with van der Waals surface area (Å²) in [4.78, 5) is 14.6. The number of ether oxygens (including phenoxy) is 2. The first-order valence-corrected chi connectivity index (χ1v) is 11.9. The maximum atomic E-state index is 12.8. The third-order valence-corrected chi connectivity index (χ3v) is 7.67. The second-order valence-electron chi connectivity index (χ2n) is 7.33. The molecule has 8 nitrogen and oxygen atoms in total. The van der Waals surface area contributed by atoms with E-state index >= 15 is 0 Å². The van der Waals surface area contributed by atoms with Gasteiger partial charge in [0.25, 0.3) is 0 Å². The van der Waals surface area contributed by atoms with Crippen LogP contribution < -0.4 is 14.8 Å². The van der Waals surface area contributed by atoms with Crippen molar-refractivity contribution in [2.75, 3.05) is 51.3 Å². The number of benzene rings is 2. The van der Waals surface area contributed by atoms with Crippen LogP contribution in [0, 0.1) is 0 Å². The van der Waals surface area contributed by atoms with Crippen LogP contribution in [0.1, 0.15) is 6.42 Å². The molecule has 2 aliphatic heterocycles. The quantitative estimate of drug-likeness (QED) is 0.705. The van der Waals surface area contributed by atoms with E-state index in [2.05, 4.69) is 10.2 Å². The fourth-order valence-electron chi connectivity index (χ4n) is 3.59. The van der Waals surface area contributed by atoms with Crippen molar-refractivity contribution in [1.82, 2.24) is 9.21 Å². The highest BCUT2D eigenvalue weighted by atomic mass is 35.5. The van der Waals surface area contributed by atoms with Crippen LogP contribution in [0.5, 0.6) is 11.5 Å². The van der Waals surface area contributed by atoms with Crippen LogP contribution in [0.2, 0.25) is 5.02 Å². The standard InChI is InChI=1S/C21H24ClN3O5S/c22-17-3-1-2-4-20(17)31(27,28)25-11-9-24(10-12-25)8-7-21(26)23-16-5-6-18-19(15-16)30-14-13-29-18/h1-6,15H,7-14H2,(H,23,26). The number of rotatable bonds is 6. The Hall–Kier alpha value is -2.33. The molecule has 0 atom stereocenters. The normalized spacial score (nSPS) is 17.3. The Morgan fingerprint density at radius 3 is 2.45 bits per heavy atom. The lowest BCUT2D eigenvalue weighted by atomic mass is 10.2. The Bertz CT molecular complexity index is 1050. The van der Waals surface area contributed by atoms with Crippen LogP contribution in [0.4, 0.5) is 5.69 Å². The summed E-state index contributed by atoms with van der Waals surface area (Å²) in [6.45, 7) is 3.39. The molecule has 1 fully saturated rings. The highest BCUT2D eigenvalue weighted by Crippen LogP contribution is 2.32. The predicted molar refractivity (Wildman–Crippen MR) is 117 cm³/mol. The number of hydrogen-bond acceptors (Lipinski definition) is 6. The number of amides is 1. The number of nitrogens with one attached hydrogen (secondary N) is 1. The first-order valence-electron chi connectivity index (χ1n) is 10.1. The zero-order valence-corrected chi connectivity index (χ0v) is 18.5. The second kappa shape index (κ2) is 9.44. The van der Waals surface area contributed by atoms with Crippen molar-refractivity contribution in [2.45, 2.75) is 11.3 Å². The molecule has 31 heavy (non-hydrogen) atoms. The van der Waals surface area contributed by atoms with Gasteiger partial charge in [-0.3, -0.25) is 4.79 Å². The molecule has 1 amide bonds. The van der Waals surface area contributed by atoms with Gasteiger partial charge in [0.15, 0.2) is 11.5 Å². The highest BCUT2D eigenvalue weighted by molar-refractivity contribution is 7.89. The maximum Gasteiger partial charge on any atom is 0.244 e. The topological polar surface area (TPSA) is 88.2 Å². The molecule has 0 radical (unpaired) electrons. The van der Waals surface area contributed by atoms with E-state index in [4.69, 9.17) is 21.1 Å². The molecule has 0 saturated carbocycles. The van der Waals surface area contributed by atoms with Crippen molar-refractivity contribution >= 4 is 33.2 Å². The fourth-order valence-corrected chi connectivity index (χ4v) is 5.51. The number of carbonyl (C=O) groups is 1. The minimum Gasteiger partial charge on any atom is -0.486 e.